The molecule has 130 valence electrons. The number of carboxylic acid groups (broad SMARTS) is 1. The minimum atomic E-state index is -3.77. The first-order chi connectivity index (χ1) is 11.9. The van der Waals surface area contributed by atoms with Crippen LogP contribution in [0.4, 0.5) is 0 Å². The summed E-state index contributed by atoms with van der Waals surface area (Å²) in [5, 5.41) is 9.61. The molecule has 0 fully saturated rings. The zero-order chi connectivity index (χ0) is 18.0. The van der Waals surface area contributed by atoms with Gasteiger partial charge in [0.25, 0.3) is 10.0 Å². The van der Waals surface area contributed by atoms with Gasteiger partial charge in [-0.3, -0.25) is 4.79 Å². The van der Waals surface area contributed by atoms with Crippen LogP contribution in [0.3, 0.4) is 0 Å². The quantitative estimate of drug-likeness (QED) is 0.731. The Bertz CT molecular complexity index is 1020. The van der Waals surface area contributed by atoms with E-state index in [1.807, 2.05) is 0 Å². The molecular formula is C18H17NO5S. The molecule has 1 aromatic heterocycles. The van der Waals surface area contributed by atoms with Crippen LogP contribution in [0.25, 0.3) is 10.9 Å². The number of nitrogens with zero attached hydrogens (tertiary/aromatic N) is 1. The maximum absolute atomic E-state index is 13.0. The fourth-order valence-corrected chi connectivity index (χ4v) is 4.13. The van der Waals surface area contributed by atoms with Gasteiger partial charge in [0.15, 0.2) is 0 Å². The molecular weight excluding hydrogens is 342 g/mol. The third-order valence-corrected chi connectivity index (χ3v) is 5.66. The van der Waals surface area contributed by atoms with Crippen LogP contribution in [-0.2, 0) is 21.2 Å². The first-order valence-electron chi connectivity index (χ1n) is 7.64. The summed E-state index contributed by atoms with van der Waals surface area (Å²) in [5.41, 5.74) is 1.14. The Labute approximate surface area is 145 Å². The maximum atomic E-state index is 13.0. The first kappa shape index (κ1) is 17.0. The summed E-state index contributed by atoms with van der Waals surface area (Å²) in [7, 11) is -2.25. The molecule has 0 saturated heterocycles. The van der Waals surface area contributed by atoms with Gasteiger partial charge in [-0.2, -0.15) is 0 Å². The second-order valence-corrected chi connectivity index (χ2v) is 7.36. The van der Waals surface area contributed by atoms with Gasteiger partial charge in [-0.05, 0) is 42.3 Å². The van der Waals surface area contributed by atoms with Crippen LogP contribution in [-0.4, -0.2) is 30.6 Å². The van der Waals surface area contributed by atoms with Crippen LogP contribution in [0.15, 0.2) is 59.6 Å². The lowest BCUT2D eigenvalue weighted by Crippen LogP contribution is -2.11. The molecule has 0 amide bonds. The molecule has 0 aliphatic heterocycles. The predicted molar refractivity (Wildman–Crippen MR) is 93.5 cm³/mol. The van der Waals surface area contributed by atoms with E-state index in [-0.39, 0.29) is 17.7 Å². The Morgan fingerprint density at radius 2 is 1.88 bits per heavy atom. The van der Waals surface area contributed by atoms with E-state index in [1.165, 1.54) is 29.4 Å². The molecule has 0 aliphatic rings. The van der Waals surface area contributed by atoms with Crippen molar-refractivity contribution < 1.29 is 23.1 Å². The second-order valence-electron chi connectivity index (χ2n) is 5.55. The van der Waals surface area contributed by atoms with E-state index in [1.54, 1.807) is 36.4 Å². The summed E-state index contributed by atoms with van der Waals surface area (Å²) in [6.45, 7) is 0. The molecule has 0 saturated carbocycles. The molecule has 0 bridgehead atoms. The van der Waals surface area contributed by atoms with Crippen molar-refractivity contribution in [2.24, 2.45) is 0 Å². The third-order valence-electron chi connectivity index (χ3n) is 3.97. The molecule has 0 unspecified atom stereocenters. The van der Waals surface area contributed by atoms with Crippen molar-refractivity contribution in [3.05, 3.63) is 60.3 Å². The molecule has 2 aromatic carbocycles. The molecule has 3 rings (SSSR count). The average Bonchev–Trinajstić information content (AvgIpc) is 2.99. The van der Waals surface area contributed by atoms with Crippen LogP contribution >= 0.6 is 0 Å². The number of fused-ring (bicyclic) bond motifs is 1. The summed E-state index contributed by atoms with van der Waals surface area (Å²) >= 11 is 0. The van der Waals surface area contributed by atoms with Crippen LogP contribution in [0, 0.1) is 0 Å². The van der Waals surface area contributed by atoms with Crippen LogP contribution in [0.5, 0.6) is 5.75 Å². The Morgan fingerprint density at radius 1 is 1.16 bits per heavy atom. The van der Waals surface area contributed by atoms with E-state index < -0.39 is 16.0 Å². The fourth-order valence-electron chi connectivity index (χ4n) is 2.72. The highest BCUT2D eigenvalue weighted by Crippen LogP contribution is 2.30. The molecule has 0 radical (unpaired) electrons. The van der Waals surface area contributed by atoms with Gasteiger partial charge in [0, 0.05) is 18.0 Å². The Kier molecular flexibility index (Phi) is 4.50. The molecule has 1 heterocycles. The SMILES string of the molecule is COc1ccc2c(c1)c(CCC(=O)O)cn2S(=O)(=O)c1ccccc1. The molecule has 0 aliphatic carbocycles. The normalized spacial score (nSPS) is 11.6. The number of aromatic nitrogens is 1. The zero-order valence-electron chi connectivity index (χ0n) is 13.5. The first-order valence-corrected chi connectivity index (χ1v) is 9.08. The molecule has 6 nitrogen and oxygen atoms in total. The summed E-state index contributed by atoms with van der Waals surface area (Å²) < 4.78 is 32.3. The molecule has 0 spiro atoms. The monoisotopic (exact) mass is 359 g/mol. The summed E-state index contributed by atoms with van der Waals surface area (Å²) in [6.07, 6.45) is 1.65. The van der Waals surface area contributed by atoms with E-state index in [0.29, 0.717) is 22.2 Å². The average molecular weight is 359 g/mol. The smallest absolute Gasteiger partial charge is 0.303 e. The number of benzene rings is 2. The van der Waals surface area contributed by atoms with Gasteiger partial charge >= 0.3 is 5.97 Å². The Hall–Kier alpha value is -2.80. The molecule has 25 heavy (non-hydrogen) atoms. The number of rotatable bonds is 6. The van der Waals surface area contributed by atoms with Crippen molar-refractivity contribution in [3.63, 3.8) is 0 Å². The van der Waals surface area contributed by atoms with E-state index in [9.17, 15) is 13.2 Å². The summed E-state index contributed by atoms with van der Waals surface area (Å²) in [4.78, 5) is 11.1. The van der Waals surface area contributed by atoms with Gasteiger partial charge in [0.2, 0.25) is 0 Å². The summed E-state index contributed by atoms with van der Waals surface area (Å²) in [5.74, 6) is -0.353. The van der Waals surface area contributed by atoms with Crippen molar-refractivity contribution in [2.45, 2.75) is 17.7 Å². The fraction of sp³-hybridized carbons (Fsp3) is 0.167. The lowest BCUT2D eigenvalue weighted by atomic mass is 10.1. The number of carbonyl (C=O) groups is 1. The minimum Gasteiger partial charge on any atom is -0.497 e. The van der Waals surface area contributed by atoms with Crippen molar-refractivity contribution in [1.82, 2.24) is 3.97 Å². The van der Waals surface area contributed by atoms with Gasteiger partial charge < -0.3 is 9.84 Å². The molecule has 1 N–H and O–H groups in total. The van der Waals surface area contributed by atoms with Gasteiger partial charge in [-0.15, -0.1) is 0 Å². The zero-order valence-corrected chi connectivity index (χ0v) is 14.4. The van der Waals surface area contributed by atoms with E-state index in [0.717, 1.165) is 0 Å². The Morgan fingerprint density at radius 3 is 2.52 bits per heavy atom. The molecule has 7 heteroatoms. The predicted octanol–water partition coefficient (Wildman–Crippen LogP) is 2.90. The minimum absolute atomic E-state index is 0.0816. The van der Waals surface area contributed by atoms with E-state index in [2.05, 4.69) is 0 Å². The lowest BCUT2D eigenvalue weighted by Gasteiger charge is -2.07. The van der Waals surface area contributed by atoms with E-state index >= 15 is 0 Å². The van der Waals surface area contributed by atoms with Gasteiger partial charge in [-0.1, -0.05) is 18.2 Å². The van der Waals surface area contributed by atoms with Gasteiger partial charge in [-0.25, -0.2) is 12.4 Å². The number of hydrogen-bond acceptors (Lipinski definition) is 4. The van der Waals surface area contributed by atoms with E-state index in [4.69, 9.17) is 9.84 Å². The largest absolute Gasteiger partial charge is 0.497 e. The summed E-state index contributed by atoms with van der Waals surface area (Å²) in [6, 6.07) is 13.2. The van der Waals surface area contributed by atoms with Gasteiger partial charge in [0.05, 0.1) is 17.5 Å². The second kappa shape index (κ2) is 6.60. The highest BCUT2D eigenvalue weighted by Gasteiger charge is 2.21. The van der Waals surface area contributed by atoms with Crippen molar-refractivity contribution in [1.29, 1.82) is 0 Å². The Balaban J connectivity index is 2.20. The number of methoxy groups -OCH3 is 1. The number of carboxylic acids is 1. The number of aryl methyl sites for hydroxylation is 1. The van der Waals surface area contributed by atoms with Gasteiger partial charge in [0.1, 0.15) is 5.75 Å². The third kappa shape index (κ3) is 3.23. The molecule has 3 aromatic rings. The van der Waals surface area contributed by atoms with Crippen LogP contribution < -0.4 is 4.74 Å². The lowest BCUT2D eigenvalue weighted by molar-refractivity contribution is -0.136. The number of ether oxygens (including phenoxy) is 1. The highest BCUT2D eigenvalue weighted by atomic mass is 32.2. The topological polar surface area (TPSA) is 85.6 Å². The number of aliphatic carboxylic acids is 1. The van der Waals surface area contributed by atoms with Crippen molar-refractivity contribution >= 4 is 26.9 Å². The van der Waals surface area contributed by atoms with Crippen LogP contribution in [0.2, 0.25) is 0 Å². The molecule has 0 atom stereocenters. The van der Waals surface area contributed by atoms with Crippen molar-refractivity contribution in [3.8, 4) is 5.75 Å². The number of hydrogen-bond donors (Lipinski definition) is 1. The maximum Gasteiger partial charge on any atom is 0.303 e. The highest BCUT2D eigenvalue weighted by molar-refractivity contribution is 7.90. The van der Waals surface area contributed by atoms with Crippen LogP contribution in [0.1, 0.15) is 12.0 Å². The van der Waals surface area contributed by atoms with Crippen molar-refractivity contribution in [2.75, 3.05) is 7.11 Å². The standard InChI is InChI=1S/C18H17NO5S/c1-24-14-8-9-17-16(11-14)13(7-10-18(20)21)12-19(17)25(22,23)15-5-3-2-4-6-15/h2-6,8-9,11-12H,7,10H2,1H3,(H,20,21).